The quantitative estimate of drug-likeness (QED) is 0.795. The molecule has 2 heterocycles. The average Bonchev–Trinajstić information content (AvgIpc) is 3.13. The van der Waals surface area contributed by atoms with E-state index in [-0.39, 0.29) is 23.7 Å². The summed E-state index contributed by atoms with van der Waals surface area (Å²) in [6.07, 6.45) is 7.16. The largest absolute Gasteiger partial charge is 0.350 e. The first-order chi connectivity index (χ1) is 12.7. The Morgan fingerprint density at radius 2 is 1.96 bits per heavy atom. The number of rotatable bonds is 5. The van der Waals surface area contributed by atoms with Crippen LogP contribution in [0.4, 0.5) is 0 Å². The Hall–Kier alpha value is -1.63. The van der Waals surface area contributed by atoms with Crippen LogP contribution in [0.15, 0.2) is 30.5 Å². The van der Waals surface area contributed by atoms with Crippen molar-refractivity contribution in [3.8, 4) is 0 Å². The van der Waals surface area contributed by atoms with Gasteiger partial charge in [-0.15, -0.1) is 17.5 Å². The molecule has 1 saturated heterocycles. The zero-order chi connectivity index (χ0) is 18.0. The highest BCUT2D eigenvalue weighted by molar-refractivity contribution is 6.30. The minimum Gasteiger partial charge on any atom is -0.350 e. The van der Waals surface area contributed by atoms with Crippen molar-refractivity contribution in [2.75, 3.05) is 19.6 Å². The van der Waals surface area contributed by atoms with Gasteiger partial charge < -0.3 is 10.6 Å². The van der Waals surface area contributed by atoms with Crippen LogP contribution in [-0.2, 0) is 5.41 Å². The third-order valence-corrected chi connectivity index (χ3v) is 6.03. The first-order valence-corrected chi connectivity index (χ1v) is 9.71. The van der Waals surface area contributed by atoms with Crippen molar-refractivity contribution >= 4 is 29.9 Å². The molecule has 1 saturated carbocycles. The second-order valence-electron chi connectivity index (χ2n) is 7.39. The molecule has 2 fully saturated rings. The lowest BCUT2D eigenvalue weighted by Gasteiger charge is -2.42. The lowest BCUT2D eigenvalue weighted by atomic mass is 9.64. The van der Waals surface area contributed by atoms with Crippen LogP contribution in [0.3, 0.4) is 0 Å². The van der Waals surface area contributed by atoms with E-state index in [1.54, 1.807) is 6.20 Å². The van der Waals surface area contributed by atoms with Crippen molar-refractivity contribution in [3.05, 3.63) is 46.7 Å². The molecule has 0 atom stereocenters. The average molecular weight is 410 g/mol. The number of carbonyl (C=O) groups excluding carboxylic acids is 1. The summed E-state index contributed by atoms with van der Waals surface area (Å²) in [5.41, 5.74) is 1.66. The van der Waals surface area contributed by atoms with Crippen LogP contribution in [0, 0.1) is 0 Å². The van der Waals surface area contributed by atoms with Gasteiger partial charge >= 0.3 is 0 Å². The van der Waals surface area contributed by atoms with Gasteiger partial charge in [-0.1, -0.05) is 35.4 Å². The van der Waals surface area contributed by atoms with Gasteiger partial charge in [0.15, 0.2) is 5.69 Å². The van der Waals surface area contributed by atoms with E-state index in [2.05, 4.69) is 33.1 Å². The molecule has 2 aliphatic rings. The van der Waals surface area contributed by atoms with Crippen LogP contribution < -0.4 is 10.6 Å². The van der Waals surface area contributed by atoms with Crippen LogP contribution in [0.25, 0.3) is 0 Å². The fourth-order valence-corrected chi connectivity index (χ4v) is 4.07. The molecule has 2 N–H and O–H groups in total. The van der Waals surface area contributed by atoms with E-state index in [0.29, 0.717) is 18.3 Å². The number of hydrogen-bond donors (Lipinski definition) is 2. The molecule has 0 unspecified atom stereocenters. The summed E-state index contributed by atoms with van der Waals surface area (Å²) >= 11 is 6.01. The van der Waals surface area contributed by atoms with Gasteiger partial charge in [0.1, 0.15) is 0 Å². The Kier molecular flexibility index (Phi) is 6.40. The molecule has 1 aromatic carbocycles. The first-order valence-electron chi connectivity index (χ1n) is 9.33. The van der Waals surface area contributed by atoms with Crippen LogP contribution in [-0.4, -0.2) is 40.5 Å². The van der Waals surface area contributed by atoms with Crippen molar-refractivity contribution in [3.63, 3.8) is 0 Å². The fourth-order valence-electron chi connectivity index (χ4n) is 3.94. The second kappa shape index (κ2) is 8.59. The number of carbonyl (C=O) groups is 1. The third-order valence-electron chi connectivity index (χ3n) is 5.78. The van der Waals surface area contributed by atoms with E-state index in [1.165, 1.54) is 12.0 Å². The van der Waals surface area contributed by atoms with Crippen molar-refractivity contribution in [2.45, 2.75) is 43.6 Å². The zero-order valence-corrected chi connectivity index (χ0v) is 16.7. The monoisotopic (exact) mass is 409 g/mol. The van der Waals surface area contributed by atoms with E-state index >= 15 is 0 Å². The Labute approximate surface area is 170 Å². The maximum absolute atomic E-state index is 12.6. The molecule has 4 rings (SSSR count). The van der Waals surface area contributed by atoms with Crippen LogP contribution >= 0.6 is 24.0 Å². The molecular weight excluding hydrogens is 385 g/mol. The molecule has 1 aromatic heterocycles. The van der Waals surface area contributed by atoms with E-state index in [1.807, 2.05) is 16.8 Å². The van der Waals surface area contributed by atoms with E-state index in [9.17, 15) is 4.79 Å². The standard InChI is InChI=1S/C19H24ClN5O.ClH/c20-15-4-2-14(3-5-15)19(8-1-9-19)13-22-18(26)17-12-25(24-23-17)16-6-10-21-11-7-16;/h2-5,12,16,21H,1,6-11,13H2,(H,22,26);1H. The molecule has 0 bridgehead atoms. The summed E-state index contributed by atoms with van der Waals surface area (Å²) in [5.74, 6) is -0.148. The molecule has 146 valence electrons. The molecule has 1 amide bonds. The highest BCUT2D eigenvalue weighted by Gasteiger charge is 2.39. The van der Waals surface area contributed by atoms with Crippen molar-refractivity contribution < 1.29 is 4.79 Å². The summed E-state index contributed by atoms with van der Waals surface area (Å²) in [6.45, 7) is 2.58. The van der Waals surface area contributed by atoms with Gasteiger partial charge in [-0.2, -0.15) is 0 Å². The predicted octanol–water partition coefficient (Wildman–Crippen LogP) is 3.13. The topological polar surface area (TPSA) is 71.8 Å². The summed E-state index contributed by atoms with van der Waals surface area (Å²) in [4.78, 5) is 12.6. The Bertz CT molecular complexity index is 767. The Morgan fingerprint density at radius 3 is 2.59 bits per heavy atom. The maximum Gasteiger partial charge on any atom is 0.273 e. The number of nitrogens with zero attached hydrogens (tertiary/aromatic N) is 3. The van der Waals surface area contributed by atoms with Gasteiger partial charge in [-0.25, -0.2) is 4.68 Å². The van der Waals surface area contributed by atoms with Gasteiger partial charge in [0.05, 0.1) is 12.2 Å². The summed E-state index contributed by atoms with van der Waals surface area (Å²) in [7, 11) is 0. The molecule has 27 heavy (non-hydrogen) atoms. The van der Waals surface area contributed by atoms with E-state index < -0.39 is 0 Å². The number of nitrogens with one attached hydrogen (secondary N) is 2. The number of hydrogen-bond acceptors (Lipinski definition) is 4. The number of halogens is 2. The molecule has 0 radical (unpaired) electrons. The van der Waals surface area contributed by atoms with E-state index in [4.69, 9.17) is 11.6 Å². The normalized spacial score (nSPS) is 19.0. The summed E-state index contributed by atoms with van der Waals surface area (Å²) in [6, 6.07) is 8.31. The van der Waals surface area contributed by atoms with Crippen molar-refractivity contribution in [1.29, 1.82) is 0 Å². The minimum absolute atomic E-state index is 0. The molecule has 1 aliphatic heterocycles. The minimum atomic E-state index is -0.148. The van der Waals surface area contributed by atoms with E-state index in [0.717, 1.165) is 43.8 Å². The predicted molar refractivity (Wildman–Crippen MR) is 108 cm³/mol. The summed E-state index contributed by atoms with van der Waals surface area (Å²) in [5, 5.41) is 15.4. The van der Waals surface area contributed by atoms with Crippen LogP contribution in [0.2, 0.25) is 5.02 Å². The van der Waals surface area contributed by atoms with Crippen molar-refractivity contribution in [2.24, 2.45) is 0 Å². The SMILES string of the molecule is Cl.O=C(NCC1(c2ccc(Cl)cc2)CCC1)c1cn(C2CCNCC2)nn1. The highest BCUT2D eigenvalue weighted by atomic mass is 35.5. The molecule has 8 heteroatoms. The smallest absolute Gasteiger partial charge is 0.273 e. The lowest BCUT2D eigenvalue weighted by Crippen LogP contribution is -2.45. The highest BCUT2D eigenvalue weighted by Crippen LogP contribution is 2.43. The Morgan fingerprint density at radius 1 is 1.26 bits per heavy atom. The second-order valence-corrected chi connectivity index (χ2v) is 7.82. The maximum atomic E-state index is 12.6. The number of aromatic nitrogens is 3. The molecular formula is C19H25Cl2N5O. The van der Waals surface area contributed by atoms with Crippen LogP contribution in [0.5, 0.6) is 0 Å². The lowest BCUT2D eigenvalue weighted by molar-refractivity contribution is 0.0922. The third kappa shape index (κ3) is 4.28. The molecule has 1 aliphatic carbocycles. The van der Waals surface area contributed by atoms with Gasteiger partial charge in [0.2, 0.25) is 0 Å². The van der Waals surface area contributed by atoms with Gasteiger partial charge in [0.25, 0.3) is 5.91 Å². The number of amides is 1. The van der Waals surface area contributed by atoms with Gasteiger partial charge in [0, 0.05) is 17.0 Å². The first kappa shape index (κ1) is 20.1. The number of piperidine rings is 1. The molecule has 6 nitrogen and oxygen atoms in total. The summed E-state index contributed by atoms with van der Waals surface area (Å²) < 4.78 is 1.84. The fraction of sp³-hybridized carbons (Fsp3) is 0.526. The van der Waals surface area contributed by atoms with Crippen LogP contribution in [0.1, 0.15) is 54.2 Å². The molecule has 2 aromatic rings. The van der Waals surface area contributed by atoms with Gasteiger partial charge in [-0.05, 0) is 56.5 Å². The zero-order valence-electron chi connectivity index (χ0n) is 15.2. The van der Waals surface area contributed by atoms with Crippen molar-refractivity contribution in [1.82, 2.24) is 25.6 Å². The molecule has 0 spiro atoms. The Balaban J connectivity index is 0.00000210. The van der Waals surface area contributed by atoms with Gasteiger partial charge in [-0.3, -0.25) is 4.79 Å². The number of benzene rings is 1.